The largest absolute Gasteiger partial charge is 0.366 e. The van der Waals surface area contributed by atoms with E-state index in [4.69, 9.17) is 4.84 Å². The van der Waals surface area contributed by atoms with Gasteiger partial charge in [0.1, 0.15) is 0 Å². The second-order valence-electron chi connectivity index (χ2n) is 4.90. The molecule has 2 aromatic rings. The second-order valence-corrected chi connectivity index (χ2v) is 5.75. The Balaban J connectivity index is 1.89. The standard InChI is InChI=1S/C17H14N2O3S/c1-19-13-9-5-3-7-11(13)15(16(19)20)18-22-17(21)12-8-4-6-10-14(12)23-2/h3-10H,1-2H3. The number of nitrogens with zero attached hydrogens (tertiary/aromatic N) is 2. The highest BCUT2D eigenvalue weighted by atomic mass is 32.2. The third-order valence-electron chi connectivity index (χ3n) is 3.57. The normalized spacial score (nSPS) is 15.0. The molecular formula is C17H14N2O3S. The van der Waals surface area contributed by atoms with Gasteiger partial charge >= 0.3 is 5.97 Å². The topological polar surface area (TPSA) is 59.0 Å². The first-order valence-electron chi connectivity index (χ1n) is 6.93. The number of fused-ring (bicyclic) bond motifs is 1. The number of para-hydroxylation sites is 1. The Hall–Kier alpha value is -2.60. The summed E-state index contributed by atoms with van der Waals surface area (Å²) in [6.45, 7) is 0. The van der Waals surface area contributed by atoms with Crippen molar-refractivity contribution in [1.82, 2.24) is 0 Å². The molecule has 1 aliphatic heterocycles. The molecule has 0 spiro atoms. The molecule has 5 nitrogen and oxygen atoms in total. The first kappa shape index (κ1) is 15.3. The summed E-state index contributed by atoms with van der Waals surface area (Å²) in [7, 11) is 1.66. The zero-order valence-corrected chi connectivity index (χ0v) is 13.5. The highest BCUT2D eigenvalue weighted by molar-refractivity contribution is 7.98. The lowest BCUT2D eigenvalue weighted by molar-refractivity contribution is -0.112. The summed E-state index contributed by atoms with van der Waals surface area (Å²) < 4.78 is 0. The molecule has 23 heavy (non-hydrogen) atoms. The molecule has 0 unspecified atom stereocenters. The molecule has 0 N–H and O–H groups in total. The lowest BCUT2D eigenvalue weighted by atomic mass is 10.1. The smallest absolute Gasteiger partial charge is 0.312 e. The van der Waals surface area contributed by atoms with Gasteiger partial charge in [0.15, 0.2) is 5.71 Å². The van der Waals surface area contributed by atoms with Crippen molar-refractivity contribution in [3.63, 3.8) is 0 Å². The summed E-state index contributed by atoms with van der Waals surface area (Å²) >= 11 is 1.45. The molecule has 0 aromatic heterocycles. The Morgan fingerprint density at radius 3 is 2.61 bits per heavy atom. The molecule has 0 aliphatic carbocycles. The Morgan fingerprint density at radius 2 is 1.83 bits per heavy atom. The molecule has 116 valence electrons. The van der Waals surface area contributed by atoms with Crippen LogP contribution in [-0.2, 0) is 9.63 Å². The van der Waals surface area contributed by atoms with Crippen LogP contribution in [0.3, 0.4) is 0 Å². The van der Waals surface area contributed by atoms with Crippen LogP contribution in [-0.4, -0.2) is 30.9 Å². The van der Waals surface area contributed by atoms with Crippen molar-refractivity contribution in [3.8, 4) is 0 Å². The van der Waals surface area contributed by atoms with E-state index >= 15 is 0 Å². The second kappa shape index (κ2) is 6.26. The average Bonchev–Trinajstić information content (AvgIpc) is 2.84. The fourth-order valence-electron chi connectivity index (χ4n) is 2.39. The highest BCUT2D eigenvalue weighted by Gasteiger charge is 2.32. The number of hydrogen-bond donors (Lipinski definition) is 0. The van der Waals surface area contributed by atoms with E-state index in [-0.39, 0.29) is 11.6 Å². The summed E-state index contributed by atoms with van der Waals surface area (Å²) in [5.41, 5.74) is 1.97. The average molecular weight is 326 g/mol. The SMILES string of the molecule is CSc1ccccc1C(=O)ON=C1C(=O)N(C)c2ccccc21. The number of rotatable bonds is 3. The van der Waals surface area contributed by atoms with Gasteiger partial charge in [0.2, 0.25) is 0 Å². The molecular weight excluding hydrogens is 312 g/mol. The van der Waals surface area contributed by atoms with Crippen molar-refractivity contribution in [2.75, 3.05) is 18.2 Å². The number of amides is 1. The predicted octanol–water partition coefficient (Wildman–Crippen LogP) is 2.95. The number of oxime groups is 1. The van der Waals surface area contributed by atoms with Crippen LogP contribution in [0.15, 0.2) is 58.6 Å². The Bertz CT molecular complexity index is 817. The van der Waals surface area contributed by atoms with Gasteiger partial charge in [-0.05, 0) is 24.5 Å². The maximum Gasteiger partial charge on any atom is 0.366 e. The molecule has 1 amide bonds. The molecule has 1 heterocycles. The molecule has 3 rings (SSSR count). The van der Waals surface area contributed by atoms with Crippen LogP contribution in [0.5, 0.6) is 0 Å². The van der Waals surface area contributed by atoms with Gasteiger partial charge in [-0.2, -0.15) is 0 Å². The molecule has 2 aromatic carbocycles. The lowest BCUT2D eigenvalue weighted by Gasteiger charge is -2.07. The van der Waals surface area contributed by atoms with Crippen LogP contribution in [0, 0.1) is 0 Å². The van der Waals surface area contributed by atoms with E-state index in [0.717, 1.165) is 10.6 Å². The lowest BCUT2D eigenvalue weighted by Crippen LogP contribution is -2.26. The van der Waals surface area contributed by atoms with E-state index in [2.05, 4.69) is 5.16 Å². The van der Waals surface area contributed by atoms with Crippen molar-refractivity contribution in [2.24, 2.45) is 5.16 Å². The zero-order valence-electron chi connectivity index (χ0n) is 12.6. The fraction of sp³-hybridized carbons (Fsp3) is 0.118. The predicted molar refractivity (Wildman–Crippen MR) is 90.0 cm³/mol. The molecule has 0 radical (unpaired) electrons. The van der Waals surface area contributed by atoms with Crippen LogP contribution >= 0.6 is 11.8 Å². The van der Waals surface area contributed by atoms with Crippen LogP contribution < -0.4 is 4.90 Å². The minimum Gasteiger partial charge on any atom is -0.312 e. The number of carbonyl (C=O) groups is 2. The minimum absolute atomic E-state index is 0.137. The number of hydrogen-bond acceptors (Lipinski definition) is 5. The molecule has 1 aliphatic rings. The van der Waals surface area contributed by atoms with Crippen LogP contribution in [0.25, 0.3) is 0 Å². The van der Waals surface area contributed by atoms with E-state index in [1.807, 2.05) is 36.6 Å². The molecule has 0 fully saturated rings. The van der Waals surface area contributed by atoms with Gasteiger partial charge in [-0.15, -0.1) is 11.8 Å². The van der Waals surface area contributed by atoms with Gasteiger partial charge in [0.25, 0.3) is 5.91 Å². The van der Waals surface area contributed by atoms with Crippen LogP contribution in [0.4, 0.5) is 5.69 Å². The fourth-order valence-corrected chi connectivity index (χ4v) is 2.97. The summed E-state index contributed by atoms with van der Waals surface area (Å²) in [5.74, 6) is -0.876. The Morgan fingerprint density at radius 1 is 1.13 bits per heavy atom. The zero-order chi connectivity index (χ0) is 16.4. The van der Waals surface area contributed by atoms with Crippen molar-refractivity contribution in [3.05, 3.63) is 59.7 Å². The van der Waals surface area contributed by atoms with E-state index in [1.54, 1.807) is 25.2 Å². The van der Waals surface area contributed by atoms with Gasteiger partial charge in [-0.3, -0.25) is 4.79 Å². The van der Waals surface area contributed by atoms with E-state index < -0.39 is 5.97 Å². The number of benzene rings is 2. The summed E-state index contributed by atoms with van der Waals surface area (Å²) in [5, 5.41) is 3.81. The van der Waals surface area contributed by atoms with Gasteiger partial charge in [-0.25, -0.2) is 4.79 Å². The van der Waals surface area contributed by atoms with Crippen LogP contribution in [0.2, 0.25) is 0 Å². The van der Waals surface area contributed by atoms with Gasteiger partial charge < -0.3 is 9.74 Å². The quantitative estimate of drug-likeness (QED) is 0.494. The van der Waals surface area contributed by atoms with Gasteiger partial charge in [0.05, 0.1) is 11.3 Å². The molecule has 6 heteroatoms. The molecule has 0 atom stereocenters. The molecule has 0 saturated heterocycles. The van der Waals surface area contributed by atoms with Crippen molar-refractivity contribution in [1.29, 1.82) is 0 Å². The van der Waals surface area contributed by atoms with Gasteiger partial charge in [-0.1, -0.05) is 35.5 Å². The van der Waals surface area contributed by atoms with Crippen molar-refractivity contribution in [2.45, 2.75) is 4.90 Å². The maximum atomic E-state index is 12.2. The third kappa shape index (κ3) is 2.73. The first-order chi connectivity index (χ1) is 11.1. The van der Waals surface area contributed by atoms with Crippen LogP contribution in [0.1, 0.15) is 15.9 Å². The van der Waals surface area contributed by atoms with E-state index in [9.17, 15) is 9.59 Å². The third-order valence-corrected chi connectivity index (χ3v) is 4.37. The number of carbonyl (C=O) groups excluding carboxylic acids is 2. The number of anilines is 1. The van der Waals surface area contributed by atoms with E-state index in [1.165, 1.54) is 16.7 Å². The first-order valence-corrected chi connectivity index (χ1v) is 8.15. The van der Waals surface area contributed by atoms with E-state index in [0.29, 0.717) is 11.1 Å². The molecule has 0 bridgehead atoms. The maximum absolute atomic E-state index is 12.2. The van der Waals surface area contributed by atoms with Gasteiger partial charge in [0, 0.05) is 17.5 Å². The monoisotopic (exact) mass is 326 g/mol. The van der Waals surface area contributed by atoms with Crippen molar-refractivity contribution < 1.29 is 14.4 Å². The summed E-state index contributed by atoms with van der Waals surface area (Å²) in [6.07, 6.45) is 1.88. The summed E-state index contributed by atoms with van der Waals surface area (Å²) in [6, 6.07) is 14.4. The van der Waals surface area contributed by atoms with Crippen molar-refractivity contribution >= 4 is 35.0 Å². The number of thioether (sulfide) groups is 1. The minimum atomic E-state index is -0.581. The summed E-state index contributed by atoms with van der Waals surface area (Å²) in [4.78, 5) is 31.7. The molecule has 0 saturated carbocycles. The Kier molecular flexibility index (Phi) is 4.16. The number of likely N-dealkylation sites (N-methyl/N-ethyl adjacent to an activating group) is 1. The highest BCUT2D eigenvalue weighted by Crippen LogP contribution is 2.28. The Labute approximate surface area is 137 Å².